The Morgan fingerprint density at radius 1 is 1.00 bits per heavy atom. The maximum absolute atomic E-state index is 13.0. The number of nitrogens with two attached hydrogens (primary N) is 1. The van der Waals surface area contributed by atoms with Crippen molar-refractivity contribution in [1.82, 2.24) is 10.1 Å². The molecule has 2 N–H and O–H groups in total. The van der Waals surface area contributed by atoms with Crippen LogP contribution in [0.2, 0.25) is 0 Å². The van der Waals surface area contributed by atoms with E-state index in [0.717, 1.165) is 31.2 Å². The van der Waals surface area contributed by atoms with Gasteiger partial charge in [0.25, 0.3) is 5.89 Å². The topological polar surface area (TPSA) is 78.1 Å². The van der Waals surface area contributed by atoms with E-state index in [4.69, 9.17) is 14.7 Å². The van der Waals surface area contributed by atoms with Crippen molar-refractivity contribution in [2.24, 2.45) is 5.73 Å². The van der Waals surface area contributed by atoms with Crippen LogP contribution in [0.4, 0.5) is 4.39 Å². The summed E-state index contributed by atoms with van der Waals surface area (Å²) in [6.45, 7) is 0. The number of halogens is 1. The second-order valence-electron chi connectivity index (χ2n) is 5.96. The Balaban J connectivity index is 1.62. The van der Waals surface area contributed by atoms with Gasteiger partial charge < -0.3 is 14.7 Å². The minimum atomic E-state index is -0.492. The lowest BCUT2D eigenvalue weighted by Gasteiger charge is -2.17. The maximum atomic E-state index is 13.0. The molecule has 4 rings (SSSR count). The largest absolute Gasteiger partial charge is 0.451 e. The molecule has 0 spiro atoms. The average Bonchev–Trinajstić information content (AvgIpc) is 3.28. The number of hydrogen-bond acceptors (Lipinski definition) is 5. The van der Waals surface area contributed by atoms with Gasteiger partial charge >= 0.3 is 0 Å². The first kappa shape index (κ1) is 14.1. The second-order valence-corrected chi connectivity index (χ2v) is 5.96. The summed E-state index contributed by atoms with van der Waals surface area (Å²) < 4.78 is 24.0. The highest BCUT2D eigenvalue weighted by Crippen LogP contribution is 2.36. The van der Waals surface area contributed by atoms with E-state index in [1.807, 2.05) is 0 Å². The summed E-state index contributed by atoms with van der Waals surface area (Å²) in [5.74, 6) is 1.65. The molecule has 5 nitrogen and oxygen atoms in total. The van der Waals surface area contributed by atoms with Crippen molar-refractivity contribution in [3.8, 4) is 23.0 Å². The Morgan fingerprint density at radius 2 is 1.70 bits per heavy atom. The van der Waals surface area contributed by atoms with Gasteiger partial charge in [-0.1, -0.05) is 18.0 Å². The molecule has 1 aromatic carbocycles. The van der Waals surface area contributed by atoms with Crippen molar-refractivity contribution < 1.29 is 13.3 Å². The lowest BCUT2D eigenvalue weighted by atomic mass is 9.99. The summed E-state index contributed by atoms with van der Waals surface area (Å²) >= 11 is 0. The average molecular weight is 313 g/mol. The molecule has 0 radical (unpaired) electrons. The van der Waals surface area contributed by atoms with Gasteiger partial charge in [-0.3, -0.25) is 0 Å². The Morgan fingerprint density at radius 3 is 2.43 bits per heavy atom. The summed E-state index contributed by atoms with van der Waals surface area (Å²) in [7, 11) is 0. The Hall–Kier alpha value is -2.47. The Labute approximate surface area is 132 Å². The molecule has 1 saturated carbocycles. The summed E-state index contributed by atoms with van der Waals surface area (Å²) in [5, 5.41) is 4.02. The fourth-order valence-electron chi connectivity index (χ4n) is 2.98. The van der Waals surface area contributed by atoms with Crippen molar-refractivity contribution in [2.75, 3.05) is 0 Å². The first-order valence-corrected chi connectivity index (χ1v) is 7.63. The second kappa shape index (κ2) is 5.31. The molecule has 0 amide bonds. The van der Waals surface area contributed by atoms with E-state index in [1.165, 1.54) is 12.1 Å². The molecule has 0 saturated heterocycles. The number of nitrogens with zero attached hydrogens (tertiary/aromatic N) is 2. The fraction of sp³-hybridized carbons (Fsp3) is 0.294. The molecule has 1 aliphatic rings. The van der Waals surface area contributed by atoms with Crippen LogP contribution in [0.15, 0.2) is 45.3 Å². The number of furan rings is 1. The number of benzene rings is 1. The van der Waals surface area contributed by atoms with E-state index in [9.17, 15) is 4.39 Å². The minimum Gasteiger partial charge on any atom is -0.451 e. The van der Waals surface area contributed by atoms with Gasteiger partial charge in [0, 0.05) is 5.56 Å². The van der Waals surface area contributed by atoms with Crippen LogP contribution in [0.1, 0.15) is 31.5 Å². The van der Waals surface area contributed by atoms with E-state index in [-0.39, 0.29) is 5.82 Å². The monoisotopic (exact) mass is 313 g/mol. The highest BCUT2D eigenvalue weighted by molar-refractivity contribution is 5.61. The molecule has 6 heteroatoms. The van der Waals surface area contributed by atoms with Gasteiger partial charge in [0.15, 0.2) is 11.6 Å². The lowest BCUT2D eigenvalue weighted by molar-refractivity contribution is 0.368. The molecule has 118 valence electrons. The van der Waals surface area contributed by atoms with Crippen LogP contribution in [0.3, 0.4) is 0 Å². The van der Waals surface area contributed by atoms with Crippen LogP contribution in [-0.2, 0) is 5.54 Å². The zero-order valence-corrected chi connectivity index (χ0v) is 12.5. The van der Waals surface area contributed by atoms with E-state index in [2.05, 4.69) is 10.1 Å². The fourth-order valence-corrected chi connectivity index (χ4v) is 2.98. The van der Waals surface area contributed by atoms with E-state index in [1.54, 1.807) is 24.3 Å². The van der Waals surface area contributed by atoms with Crippen LogP contribution in [0, 0.1) is 5.82 Å². The van der Waals surface area contributed by atoms with Crippen LogP contribution >= 0.6 is 0 Å². The predicted octanol–water partition coefficient (Wildman–Crippen LogP) is 3.86. The smallest absolute Gasteiger partial charge is 0.293 e. The highest BCUT2D eigenvalue weighted by Gasteiger charge is 2.36. The molecule has 23 heavy (non-hydrogen) atoms. The zero-order valence-electron chi connectivity index (χ0n) is 12.5. The van der Waals surface area contributed by atoms with Crippen molar-refractivity contribution in [3.63, 3.8) is 0 Å². The molecular formula is C17H16FN3O2. The van der Waals surface area contributed by atoms with Gasteiger partial charge in [0.1, 0.15) is 11.6 Å². The third-order valence-corrected chi connectivity index (χ3v) is 4.31. The molecule has 1 aliphatic carbocycles. The number of rotatable bonds is 3. The lowest BCUT2D eigenvalue weighted by Crippen LogP contribution is -2.34. The minimum absolute atomic E-state index is 0.285. The molecule has 0 aliphatic heterocycles. The van der Waals surface area contributed by atoms with Gasteiger partial charge in [0.2, 0.25) is 0 Å². The molecule has 3 aromatic rings. The van der Waals surface area contributed by atoms with Gasteiger partial charge in [-0.25, -0.2) is 4.39 Å². The number of aromatic nitrogens is 2. The van der Waals surface area contributed by atoms with Gasteiger partial charge in [0.05, 0.1) is 5.54 Å². The third-order valence-electron chi connectivity index (χ3n) is 4.31. The van der Waals surface area contributed by atoms with Gasteiger partial charge in [-0.2, -0.15) is 4.98 Å². The summed E-state index contributed by atoms with van der Waals surface area (Å²) in [5.41, 5.74) is 6.62. The third kappa shape index (κ3) is 2.55. The standard InChI is InChI=1S/C17H16FN3O2/c18-12-5-3-11(4-6-12)13-7-8-14(22-13)15-20-16(21-23-15)17(19)9-1-2-10-17/h3-8H,1-2,9-10,19H2. The molecule has 0 atom stereocenters. The quantitative estimate of drug-likeness (QED) is 0.794. The first-order valence-electron chi connectivity index (χ1n) is 7.63. The predicted molar refractivity (Wildman–Crippen MR) is 81.7 cm³/mol. The number of hydrogen-bond donors (Lipinski definition) is 1. The Kier molecular flexibility index (Phi) is 3.27. The Bertz CT molecular complexity index is 816. The van der Waals surface area contributed by atoms with Crippen LogP contribution in [0.5, 0.6) is 0 Å². The van der Waals surface area contributed by atoms with Crippen LogP contribution in [-0.4, -0.2) is 10.1 Å². The zero-order chi connectivity index (χ0) is 15.9. The summed E-state index contributed by atoms with van der Waals surface area (Å²) in [4.78, 5) is 4.40. The maximum Gasteiger partial charge on any atom is 0.293 e. The molecule has 0 unspecified atom stereocenters. The van der Waals surface area contributed by atoms with Gasteiger partial charge in [-0.05, 0) is 49.2 Å². The molecule has 2 heterocycles. The van der Waals surface area contributed by atoms with E-state index >= 15 is 0 Å². The van der Waals surface area contributed by atoms with Crippen LogP contribution < -0.4 is 5.73 Å². The highest BCUT2D eigenvalue weighted by atomic mass is 19.1. The van der Waals surface area contributed by atoms with Gasteiger partial charge in [-0.15, -0.1) is 0 Å². The van der Waals surface area contributed by atoms with Crippen molar-refractivity contribution in [2.45, 2.75) is 31.2 Å². The normalized spacial score (nSPS) is 16.8. The van der Waals surface area contributed by atoms with Crippen molar-refractivity contribution >= 4 is 0 Å². The van der Waals surface area contributed by atoms with Crippen LogP contribution in [0.25, 0.3) is 23.0 Å². The SMILES string of the molecule is NC1(c2noc(-c3ccc(-c4ccc(F)cc4)o3)n2)CCCC1. The van der Waals surface area contributed by atoms with Crippen molar-refractivity contribution in [1.29, 1.82) is 0 Å². The summed E-state index contributed by atoms with van der Waals surface area (Å²) in [6, 6.07) is 9.64. The first-order chi connectivity index (χ1) is 11.1. The molecule has 2 aromatic heterocycles. The van der Waals surface area contributed by atoms with E-state index < -0.39 is 5.54 Å². The molecular weight excluding hydrogens is 297 g/mol. The molecule has 0 bridgehead atoms. The van der Waals surface area contributed by atoms with E-state index in [0.29, 0.717) is 23.2 Å². The molecule has 1 fully saturated rings. The van der Waals surface area contributed by atoms with Crippen molar-refractivity contribution in [3.05, 3.63) is 48.0 Å². The summed E-state index contributed by atoms with van der Waals surface area (Å²) in [6.07, 6.45) is 3.89.